The first kappa shape index (κ1) is 8.82. The average Bonchev–Trinajstić information content (AvgIpc) is 0.918. The van der Waals surface area contributed by atoms with E-state index < -0.39 is 0 Å². The molecule has 0 fully saturated rings. The predicted molar refractivity (Wildman–Crippen MR) is 15.2 cm³/mol. The Morgan fingerprint density at radius 2 is 1.25 bits per heavy atom. The van der Waals surface area contributed by atoms with E-state index in [0.29, 0.717) is 0 Å². The van der Waals surface area contributed by atoms with E-state index in [4.69, 9.17) is 0 Å². The molecule has 0 aliphatic heterocycles. The number of hydrogen-bond donors (Lipinski definition) is 0. The molecule has 0 aliphatic carbocycles. The zero-order valence-corrected chi connectivity index (χ0v) is 5.79. The number of rotatable bonds is 0. The van der Waals surface area contributed by atoms with Gasteiger partial charge in [0.15, 0.2) is 0 Å². The van der Waals surface area contributed by atoms with Crippen molar-refractivity contribution in [1.82, 2.24) is 0 Å². The molecular formula is C2H6NW-. The summed E-state index contributed by atoms with van der Waals surface area (Å²) in [6.45, 7) is 0. The summed E-state index contributed by atoms with van der Waals surface area (Å²) in [4.78, 5) is 0. The minimum absolute atomic E-state index is 0. The number of hydrogen-bond acceptors (Lipinski definition) is 0. The quantitative estimate of drug-likeness (QED) is 0.576. The first-order chi connectivity index (χ1) is 1.41. The molecule has 0 radical (unpaired) electrons. The summed E-state index contributed by atoms with van der Waals surface area (Å²) in [5.41, 5.74) is 0. The maximum atomic E-state index is 3.50. The van der Waals surface area contributed by atoms with E-state index in [2.05, 4.69) is 5.32 Å². The fourth-order valence-corrected chi connectivity index (χ4v) is 0. The zero-order valence-electron chi connectivity index (χ0n) is 2.86. The van der Waals surface area contributed by atoms with Crippen LogP contribution in [0.15, 0.2) is 0 Å². The minimum atomic E-state index is 0. The second-order valence-corrected chi connectivity index (χ2v) is 0.447. The third-order valence-corrected chi connectivity index (χ3v) is 0. The van der Waals surface area contributed by atoms with Crippen LogP contribution in [0.25, 0.3) is 5.32 Å². The predicted octanol–water partition coefficient (Wildman–Crippen LogP) is 0.617. The molecule has 0 saturated carbocycles. The SMILES string of the molecule is C[N-]C.[W]. The summed E-state index contributed by atoms with van der Waals surface area (Å²) in [6.07, 6.45) is 0. The molecule has 0 aliphatic rings. The molecule has 0 saturated heterocycles. The summed E-state index contributed by atoms with van der Waals surface area (Å²) in [5, 5.41) is 3.50. The van der Waals surface area contributed by atoms with Gasteiger partial charge < -0.3 is 5.32 Å². The maximum absolute atomic E-state index is 3.50. The van der Waals surface area contributed by atoms with E-state index >= 15 is 0 Å². The van der Waals surface area contributed by atoms with Crippen molar-refractivity contribution in [1.29, 1.82) is 0 Å². The van der Waals surface area contributed by atoms with Crippen molar-refractivity contribution < 1.29 is 21.1 Å². The van der Waals surface area contributed by atoms with Crippen molar-refractivity contribution in [3.63, 3.8) is 0 Å². The van der Waals surface area contributed by atoms with Crippen LogP contribution in [0, 0.1) is 0 Å². The second kappa shape index (κ2) is 9.42. The van der Waals surface area contributed by atoms with Gasteiger partial charge in [0.25, 0.3) is 0 Å². The molecule has 0 N–H and O–H groups in total. The molecule has 4 heavy (non-hydrogen) atoms. The Bertz CT molecular complexity index is 6.00. The van der Waals surface area contributed by atoms with Crippen LogP contribution in [-0.2, 0) is 21.1 Å². The van der Waals surface area contributed by atoms with Crippen LogP contribution < -0.4 is 0 Å². The van der Waals surface area contributed by atoms with Gasteiger partial charge in [-0.3, -0.25) is 0 Å². The first-order valence-corrected chi connectivity index (χ1v) is 0.894. The molecule has 0 aromatic heterocycles. The van der Waals surface area contributed by atoms with Gasteiger partial charge in [-0.15, -0.1) is 0 Å². The topological polar surface area (TPSA) is 14.1 Å². The van der Waals surface area contributed by atoms with Gasteiger partial charge in [0.2, 0.25) is 0 Å². The molecule has 0 bridgehead atoms. The smallest absolute Gasteiger partial charge is 0 e. The Labute approximate surface area is 41.0 Å². The van der Waals surface area contributed by atoms with Gasteiger partial charge in [0.05, 0.1) is 0 Å². The Hall–Kier alpha value is 0.648. The van der Waals surface area contributed by atoms with Crippen molar-refractivity contribution in [2.45, 2.75) is 0 Å². The van der Waals surface area contributed by atoms with Crippen LogP contribution >= 0.6 is 0 Å². The Morgan fingerprint density at radius 3 is 1.25 bits per heavy atom. The van der Waals surface area contributed by atoms with E-state index in [1.54, 1.807) is 14.1 Å². The van der Waals surface area contributed by atoms with E-state index in [0.717, 1.165) is 0 Å². The molecule has 0 amide bonds. The van der Waals surface area contributed by atoms with Crippen molar-refractivity contribution >= 4 is 0 Å². The molecular weight excluding hydrogens is 222 g/mol. The van der Waals surface area contributed by atoms with E-state index in [1.807, 2.05) is 0 Å². The van der Waals surface area contributed by atoms with Gasteiger partial charge in [-0.05, 0) is 0 Å². The summed E-state index contributed by atoms with van der Waals surface area (Å²) >= 11 is 0. The standard InChI is InChI=1S/C2H6N.W/c1-3-2;/h1-2H3;/q-1;. The van der Waals surface area contributed by atoms with Crippen molar-refractivity contribution in [2.75, 3.05) is 14.1 Å². The minimum Gasteiger partial charge on any atom is -0.668 e. The van der Waals surface area contributed by atoms with E-state index in [-0.39, 0.29) is 21.1 Å². The molecule has 0 aromatic carbocycles. The zero-order chi connectivity index (χ0) is 2.71. The third-order valence-electron chi connectivity index (χ3n) is 0. The molecule has 0 spiro atoms. The maximum Gasteiger partial charge on any atom is 0 e. The molecule has 26 valence electrons. The van der Waals surface area contributed by atoms with Gasteiger partial charge in [-0.2, -0.15) is 14.1 Å². The largest absolute Gasteiger partial charge is 0.668 e. The molecule has 0 atom stereocenters. The van der Waals surface area contributed by atoms with Gasteiger partial charge in [0, 0.05) is 21.1 Å². The van der Waals surface area contributed by atoms with Crippen LogP contribution in [0.4, 0.5) is 0 Å². The first-order valence-electron chi connectivity index (χ1n) is 0.894. The Morgan fingerprint density at radius 1 is 1.25 bits per heavy atom. The molecule has 2 heteroatoms. The van der Waals surface area contributed by atoms with Crippen LogP contribution in [-0.4, -0.2) is 14.1 Å². The molecule has 0 heterocycles. The van der Waals surface area contributed by atoms with Crippen molar-refractivity contribution in [3.05, 3.63) is 5.32 Å². The van der Waals surface area contributed by atoms with Crippen molar-refractivity contribution in [3.8, 4) is 0 Å². The summed E-state index contributed by atoms with van der Waals surface area (Å²) in [5.74, 6) is 0. The fraction of sp³-hybridized carbons (Fsp3) is 1.00. The monoisotopic (exact) mass is 228 g/mol. The van der Waals surface area contributed by atoms with Gasteiger partial charge in [-0.25, -0.2) is 0 Å². The average molecular weight is 228 g/mol. The van der Waals surface area contributed by atoms with Crippen LogP contribution in [0.1, 0.15) is 0 Å². The summed E-state index contributed by atoms with van der Waals surface area (Å²) in [7, 11) is 3.50. The van der Waals surface area contributed by atoms with Crippen molar-refractivity contribution in [2.24, 2.45) is 0 Å². The third kappa shape index (κ3) is 17.1. The Kier molecular flexibility index (Phi) is 20.8. The number of nitrogens with zero attached hydrogens (tertiary/aromatic N) is 1. The molecule has 0 aromatic rings. The van der Waals surface area contributed by atoms with Gasteiger partial charge in [-0.1, -0.05) is 0 Å². The fourth-order valence-electron chi connectivity index (χ4n) is 0. The van der Waals surface area contributed by atoms with E-state index in [1.165, 1.54) is 0 Å². The van der Waals surface area contributed by atoms with Crippen LogP contribution in [0.2, 0.25) is 0 Å². The normalized spacial score (nSPS) is 4.50. The van der Waals surface area contributed by atoms with Gasteiger partial charge >= 0.3 is 0 Å². The summed E-state index contributed by atoms with van der Waals surface area (Å²) in [6, 6.07) is 0. The van der Waals surface area contributed by atoms with Crippen LogP contribution in [0.3, 0.4) is 0 Å². The van der Waals surface area contributed by atoms with Gasteiger partial charge in [0.1, 0.15) is 0 Å². The summed E-state index contributed by atoms with van der Waals surface area (Å²) < 4.78 is 0. The second-order valence-electron chi connectivity index (χ2n) is 0.447. The molecule has 0 unspecified atom stereocenters. The molecule has 0 rings (SSSR count). The molecule has 1 nitrogen and oxygen atoms in total. The van der Waals surface area contributed by atoms with Crippen LogP contribution in [0.5, 0.6) is 0 Å². The van der Waals surface area contributed by atoms with E-state index in [9.17, 15) is 0 Å². The Balaban J connectivity index is 0.